The van der Waals surface area contributed by atoms with Crippen LogP contribution in [0, 0.1) is 11.8 Å². The Balaban J connectivity index is 1.80. The van der Waals surface area contributed by atoms with Crippen LogP contribution in [0.4, 0.5) is 0 Å². The second-order valence-corrected chi connectivity index (χ2v) is 4.73. The zero-order valence-electron chi connectivity index (χ0n) is 8.25. The molecule has 74 valence electrons. The first-order chi connectivity index (χ1) is 6.29. The van der Waals surface area contributed by atoms with Crippen LogP contribution in [-0.2, 0) is 0 Å². The monoisotopic (exact) mass is 198 g/mol. The van der Waals surface area contributed by atoms with Gasteiger partial charge >= 0.3 is 0 Å². The first kappa shape index (κ1) is 9.25. The van der Waals surface area contributed by atoms with Crippen molar-refractivity contribution in [2.75, 3.05) is 20.1 Å². The van der Waals surface area contributed by atoms with E-state index in [2.05, 4.69) is 10.2 Å². The minimum absolute atomic E-state index is 0.935. The van der Waals surface area contributed by atoms with Crippen molar-refractivity contribution >= 4 is 17.3 Å². The number of hydrogen-bond acceptors (Lipinski definition) is 1. The third-order valence-corrected chi connectivity index (χ3v) is 3.31. The summed E-state index contributed by atoms with van der Waals surface area (Å²) in [6.07, 6.45) is 5.64. The highest BCUT2D eigenvalue weighted by Crippen LogP contribution is 2.33. The van der Waals surface area contributed by atoms with Gasteiger partial charge in [0.25, 0.3) is 0 Å². The fraction of sp³-hybridized carbons (Fsp3) is 0.900. The molecule has 2 aliphatic rings. The van der Waals surface area contributed by atoms with Gasteiger partial charge in [-0.15, -0.1) is 0 Å². The van der Waals surface area contributed by atoms with Crippen molar-refractivity contribution in [2.24, 2.45) is 11.8 Å². The van der Waals surface area contributed by atoms with E-state index in [1.807, 2.05) is 7.05 Å². The third kappa shape index (κ3) is 2.83. The molecule has 2 fully saturated rings. The Labute approximate surface area is 85.7 Å². The van der Waals surface area contributed by atoms with Gasteiger partial charge in [0.05, 0.1) is 0 Å². The van der Waals surface area contributed by atoms with Crippen molar-refractivity contribution in [2.45, 2.75) is 25.7 Å². The lowest BCUT2D eigenvalue weighted by molar-refractivity contribution is 0.380. The minimum Gasteiger partial charge on any atom is -0.366 e. The average molecular weight is 198 g/mol. The maximum Gasteiger partial charge on any atom is 0.168 e. The van der Waals surface area contributed by atoms with E-state index < -0.39 is 0 Å². The second kappa shape index (κ2) is 3.82. The van der Waals surface area contributed by atoms with E-state index >= 15 is 0 Å². The van der Waals surface area contributed by atoms with Crippen molar-refractivity contribution in [3.05, 3.63) is 0 Å². The van der Waals surface area contributed by atoms with Crippen molar-refractivity contribution in [1.29, 1.82) is 0 Å². The second-order valence-electron chi connectivity index (χ2n) is 4.35. The Morgan fingerprint density at radius 3 is 2.00 bits per heavy atom. The molecule has 0 heterocycles. The van der Waals surface area contributed by atoms with E-state index in [4.69, 9.17) is 12.2 Å². The molecule has 0 aromatic rings. The predicted molar refractivity (Wildman–Crippen MR) is 58.7 cm³/mol. The molecule has 0 unspecified atom stereocenters. The lowest BCUT2D eigenvalue weighted by atomic mass is 10.3. The van der Waals surface area contributed by atoms with E-state index in [1.165, 1.54) is 38.8 Å². The van der Waals surface area contributed by atoms with E-state index in [0.717, 1.165) is 16.9 Å². The SMILES string of the molecule is CNC(=S)N(CC1CC1)CC1CC1. The van der Waals surface area contributed by atoms with Gasteiger partial charge in [-0.1, -0.05) is 0 Å². The van der Waals surface area contributed by atoms with Crippen LogP contribution in [0.1, 0.15) is 25.7 Å². The highest BCUT2D eigenvalue weighted by molar-refractivity contribution is 7.80. The van der Waals surface area contributed by atoms with Gasteiger partial charge in [-0.25, -0.2) is 0 Å². The fourth-order valence-corrected chi connectivity index (χ4v) is 1.77. The van der Waals surface area contributed by atoms with Gasteiger partial charge < -0.3 is 10.2 Å². The van der Waals surface area contributed by atoms with E-state index in [-0.39, 0.29) is 0 Å². The molecule has 0 aromatic carbocycles. The standard InChI is InChI=1S/C10H18N2S/c1-11-10(13)12(6-8-2-3-8)7-9-4-5-9/h8-9H,2-7H2,1H3,(H,11,13). The topological polar surface area (TPSA) is 15.3 Å². The van der Waals surface area contributed by atoms with Gasteiger partial charge in [0, 0.05) is 20.1 Å². The van der Waals surface area contributed by atoms with Crippen molar-refractivity contribution in [3.8, 4) is 0 Å². The molecular weight excluding hydrogens is 180 g/mol. The first-order valence-corrected chi connectivity index (χ1v) is 5.67. The summed E-state index contributed by atoms with van der Waals surface area (Å²) in [6.45, 7) is 2.38. The van der Waals surface area contributed by atoms with Crippen LogP contribution < -0.4 is 5.32 Å². The summed E-state index contributed by atoms with van der Waals surface area (Å²) in [4.78, 5) is 2.37. The molecular formula is C10H18N2S. The Morgan fingerprint density at radius 2 is 1.69 bits per heavy atom. The fourth-order valence-electron chi connectivity index (χ4n) is 1.62. The van der Waals surface area contributed by atoms with Crippen LogP contribution in [0.5, 0.6) is 0 Å². The summed E-state index contributed by atoms with van der Waals surface area (Å²) in [5.41, 5.74) is 0. The Kier molecular flexibility index (Phi) is 2.72. The molecule has 2 rings (SSSR count). The van der Waals surface area contributed by atoms with Crippen LogP contribution in [0.2, 0.25) is 0 Å². The smallest absolute Gasteiger partial charge is 0.168 e. The molecule has 0 aromatic heterocycles. The quantitative estimate of drug-likeness (QED) is 0.691. The molecule has 0 aliphatic heterocycles. The van der Waals surface area contributed by atoms with Crippen molar-refractivity contribution in [3.63, 3.8) is 0 Å². The van der Waals surface area contributed by atoms with Crippen LogP contribution in [0.25, 0.3) is 0 Å². The highest BCUT2D eigenvalue weighted by atomic mass is 32.1. The van der Waals surface area contributed by atoms with Gasteiger partial charge in [-0.2, -0.15) is 0 Å². The molecule has 1 N–H and O–H groups in total. The highest BCUT2D eigenvalue weighted by Gasteiger charge is 2.29. The van der Waals surface area contributed by atoms with Crippen LogP contribution in [0.3, 0.4) is 0 Å². The summed E-state index contributed by atoms with van der Waals surface area (Å²) in [6, 6.07) is 0. The average Bonchev–Trinajstić information content (AvgIpc) is 2.94. The predicted octanol–water partition coefficient (Wildman–Crippen LogP) is 1.61. The Bertz CT molecular complexity index is 183. The molecule has 2 saturated carbocycles. The van der Waals surface area contributed by atoms with Crippen molar-refractivity contribution in [1.82, 2.24) is 10.2 Å². The van der Waals surface area contributed by atoms with Crippen molar-refractivity contribution < 1.29 is 0 Å². The van der Waals surface area contributed by atoms with Crippen LogP contribution >= 0.6 is 12.2 Å². The number of hydrogen-bond donors (Lipinski definition) is 1. The Morgan fingerprint density at radius 1 is 1.23 bits per heavy atom. The maximum absolute atomic E-state index is 5.28. The number of thiocarbonyl (C=S) groups is 1. The van der Waals surface area contributed by atoms with Gasteiger partial charge in [0.2, 0.25) is 0 Å². The lowest BCUT2D eigenvalue weighted by Gasteiger charge is -2.24. The molecule has 0 spiro atoms. The summed E-state index contributed by atoms with van der Waals surface area (Å²) < 4.78 is 0. The summed E-state index contributed by atoms with van der Waals surface area (Å²) in [5, 5.41) is 4.03. The molecule has 3 heteroatoms. The number of rotatable bonds is 4. The summed E-state index contributed by atoms with van der Waals surface area (Å²) in [7, 11) is 1.93. The van der Waals surface area contributed by atoms with Gasteiger partial charge in [0.15, 0.2) is 5.11 Å². The molecule has 0 radical (unpaired) electrons. The number of nitrogens with zero attached hydrogens (tertiary/aromatic N) is 1. The summed E-state index contributed by atoms with van der Waals surface area (Å²) >= 11 is 5.28. The van der Waals surface area contributed by atoms with Gasteiger partial charge in [-0.3, -0.25) is 0 Å². The normalized spacial score (nSPS) is 21.3. The van der Waals surface area contributed by atoms with Gasteiger partial charge in [-0.05, 0) is 49.7 Å². The van der Waals surface area contributed by atoms with Gasteiger partial charge in [0.1, 0.15) is 0 Å². The third-order valence-electron chi connectivity index (χ3n) is 2.85. The first-order valence-electron chi connectivity index (χ1n) is 5.26. The molecule has 0 bridgehead atoms. The van der Waals surface area contributed by atoms with E-state index in [1.54, 1.807) is 0 Å². The largest absolute Gasteiger partial charge is 0.366 e. The zero-order chi connectivity index (χ0) is 9.26. The molecule has 0 amide bonds. The zero-order valence-corrected chi connectivity index (χ0v) is 9.07. The molecule has 2 nitrogen and oxygen atoms in total. The van der Waals surface area contributed by atoms with E-state index in [0.29, 0.717) is 0 Å². The molecule has 13 heavy (non-hydrogen) atoms. The Hall–Kier alpha value is -0.310. The number of nitrogens with one attached hydrogen (secondary N) is 1. The van der Waals surface area contributed by atoms with Crippen LogP contribution in [-0.4, -0.2) is 30.1 Å². The lowest BCUT2D eigenvalue weighted by Crippen LogP contribution is -2.40. The van der Waals surface area contributed by atoms with E-state index in [9.17, 15) is 0 Å². The maximum atomic E-state index is 5.28. The minimum atomic E-state index is 0.935. The molecule has 2 aliphatic carbocycles. The van der Waals surface area contributed by atoms with Crippen LogP contribution in [0.15, 0.2) is 0 Å². The summed E-state index contributed by atoms with van der Waals surface area (Å²) in [5.74, 6) is 1.87. The molecule has 0 atom stereocenters. The molecule has 0 saturated heterocycles.